The minimum absolute atomic E-state index is 0.124. The van der Waals surface area contributed by atoms with E-state index in [0.717, 1.165) is 38.8 Å². The third-order valence-electron chi connectivity index (χ3n) is 6.76. The van der Waals surface area contributed by atoms with Gasteiger partial charge in [0.15, 0.2) is 5.69 Å². The maximum Gasteiger partial charge on any atom is 0.274 e. The molecule has 4 rings (SSSR count). The number of nitrogens with zero attached hydrogens (tertiary/aromatic N) is 3. The van der Waals surface area contributed by atoms with Gasteiger partial charge in [-0.3, -0.25) is 9.89 Å². The van der Waals surface area contributed by atoms with Crippen molar-refractivity contribution in [3.63, 3.8) is 0 Å². The zero-order valence-electron chi connectivity index (χ0n) is 16.7. The number of nitrogens with one attached hydrogen (secondary N) is 1. The molecular formula is C21H34N4O2. The average Bonchev–Trinajstić information content (AvgIpc) is 3.31. The Morgan fingerprint density at radius 3 is 3.00 bits per heavy atom. The molecule has 27 heavy (non-hydrogen) atoms. The van der Waals surface area contributed by atoms with E-state index in [1.807, 2.05) is 0 Å². The molecule has 0 aromatic carbocycles. The van der Waals surface area contributed by atoms with Crippen molar-refractivity contribution in [2.45, 2.75) is 63.8 Å². The summed E-state index contributed by atoms with van der Waals surface area (Å²) < 4.78 is 5.24. The Morgan fingerprint density at radius 1 is 1.22 bits per heavy atom. The van der Waals surface area contributed by atoms with Crippen LogP contribution in [0.3, 0.4) is 0 Å². The largest absolute Gasteiger partial charge is 0.385 e. The molecule has 1 aromatic rings. The van der Waals surface area contributed by atoms with Gasteiger partial charge in [0.2, 0.25) is 0 Å². The summed E-state index contributed by atoms with van der Waals surface area (Å²) in [6, 6.07) is 0.662. The second-order valence-electron chi connectivity index (χ2n) is 8.48. The molecule has 2 atom stereocenters. The predicted molar refractivity (Wildman–Crippen MR) is 105 cm³/mol. The van der Waals surface area contributed by atoms with Crippen molar-refractivity contribution in [1.29, 1.82) is 0 Å². The number of amides is 1. The number of piperidine rings is 2. The second-order valence-corrected chi connectivity index (χ2v) is 8.48. The van der Waals surface area contributed by atoms with Crippen LogP contribution in [0.5, 0.6) is 0 Å². The van der Waals surface area contributed by atoms with Crippen LogP contribution in [-0.2, 0) is 17.6 Å². The van der Waals surface area contributed by atoms with Gasteiger partial charge in [-0.25, -0.2) is 0 Å². The lowest BCUT2D eigenvalue weighted by Crippen LogP contribution is -2.51. The molecule has 0 radical (unpaired) electrons. The molecular weight excluding hydrogens is 340 g/mol. The first-order valence-corrected chi connectivity index (χ1v) is 10.9. The van der Waals surface area contributed by atoms with Crippen molar-refractivity contribution in [2.75, 3.05) is 39.9 Å². The quantitative estimate of drug-likeness (QED) is 0.746. The monoisotopic (exact) mass is 374 g/mol. The molecule has 0 saturated carbocycles. The van der Waals surface area contributed by atoms with Crippen LogP contribution in [0.25, 0.3) is 0 Å². The van der Waals surface area contributed by atoms with Gasteiger partial charge in [0.05, 0.1) is 0 Å². The Labute approximate surface area is 162 Å². The third kappa shape index (κ3) is 4.06. The van der Waals surface area contributed by atoms with Crippen LogP contribution in [-0.4, -0.2) is 71.8 Å². The number of ether oxygens (including phenoxy) is 1. The highest BCUT2D eigenvalue weighted by Gasteiger charge is 2.35. The van der Waals surface area contributed by atoms with Crippen LogP contribution in [0.15, 0.2) is 0 Å². The zero-order chi connectivity index (χ0) is 18.6. The highest BCUT2D eigenvalue weighted by molar-refractivity contribution is 5.94. The average molecular weight is 375 g/mol. The SMILES string of the molecule is COCCCN(CC1CCCN2CCCCC12)C(=O)c1n[nH]c2c1CCC2. The number of aromatic amines is 1. The highest BCUT2D eigenvalue weighted by atomic mass is 16.5. The predicted octanol–water partition coefficient (Wildman–Crippen LogP) is 2.64. The molecule has 0 spiro atoms. The highest BCUT2D eigenvalue weighted by Crippen LogP contribution is 2.32. The van der Waals surface area contributed by atoms with Gasteiger partial charge in [-0.15, -0.1) is 0 Å². The molecule has 3 heterocycles. The van der Waals surface area contributed by atoms with Crippen LogP contribution in [0.4, 0.5) is 0 Å². The second kappa shape index (κ2) is 8.74. The van der Waals surface area contributed by atoms with Crippen molar-refractivity contribution in [3.8, 4) is 0 Å². The standard InChI is InChI=1S/C21H34N4O2/c1-27-14-6-13-25(21(26)20-17-8-4-9-18(17)22-23-20)15-16-7-5-12-24-11-3-2-10-19(16)24/h16,19H,2-15H2,1H3,(H,22,23). The maximum atomic E-state index is 13.4. The van der Waals surface area contributed by atoms with Gasteiger partial charge in [0.25, 0.3) is 5.91 Å². The summed E-state index contributed by atoms with van der Waals surface area (Å²) >= 11 is 0. The first-order chi connectivity index (χ1) is 13.3. The number of aryl methyl sites for hydroxylation is 1. The summed E-state index contributed by atoms with van der Waals surface area (Å²) in [6.07, 6.45) is 10.5. The number of aromatic nitrogens is 2. The van der Waals surface area contributed by atoms with E-state index >= 15 is 0 Å². The zero-order valence-corrected chi connectivity index (χ0v) is 16.7. The summed E-state index contributed by atoms with van der Waals surface area (Å²) in [5.74, 6) is 0.718. The summed E-state index contributed by atoms with van der Waals surface area (Å²) in [5, 5.41) is 7.51. The van der Waals surface area contributed by atoms with Crippen LogP contribution in [0.2, 0.25) is 0 Å². The fourth-order valence-corrected chi connectivity index (χ4v) is 5.39. The van der Waals surface area contributed by atoms with Gasteiger partial charge >= 0.3 is 0 Å². The van der Waals surface area contributed by atoms with E-state index in [9.17, 15) is 4.79 Å². The van der Waals surface area contributed by atoms with E-state index in [0.29, 0.717) is 24.3 Å². The number of H-pyrrole nitrogens is 1. The van der Waals surface area contributed by atoms with Gasteiger partial charge in [-0.05, 0) is 70.4 Å². The molecule has 2 unspecified atom stereocenters. The van der Waals surface area contributed by atoms with Crippen LogP contribution in [0.1, 0.15) is 66.7 Å². The lowest BCUT2D eigenvalue weighted by atomic mass is 9.83. The van der Waals surface area contributed by atoms with Gasteiger partial charge < -0.3 is 14.5 Å². The number of hydrogen-bond acceptors (Lipinski definition) is 4. The van der Waals surface area contributed by atoms with E-state index in [-0.39, 0.29) is 5.91 Å². The summed E-state index contributed by atoms with van der Waals surface area (Å²) in [7, 11) is 1.73. The lowest BCUT2D eigenvalue weighted by Gasteiger charge is -2.45. The van der Waals surface area contributed by atoms with E-state index in [2.05, 4.69) is 20.0 Å². The number of hydrogen-bond donors (Lipinski definition) is 1. The lowest BCUT2D eigenvalue weighted by molar-refractivity contribution is 0.0344. The molecule has 1 aliphatic carbocycles. The molecule has 1 aromatic heterocycles. The molecule has 0 bridgehead atoms. The van der Waals surface area contributed by atoms with Crippen LogP contribution in [0, 0.1) is 5.92 Å². The Bertz CT molecular complexity index is 642. The summed E-state index contributed by atoms with van der Waals surface area (Å²) in [4.78, 5) is 18.1. The molecule has 1 amide bonds. The van der Waals surface area contributed by atoms with Crippen LogP contribution >= 0.6 is 0 Å². The molecule has 2 saturated heterocycles. The van der Waals surface area contributed by atoms with E-state index in [1.165, 1.54) is 56.5 Å². The minimum Gasteiger partial charge on any atom is -0.385 e. The Kier molecular flexibility index (Phi) is 6.13. The van der Waals surface area contributed by atoms with Crippen molar-refractivity contribution in [2.24, 2.45) is 5.92 Å². The van der Waals surface area contributed by atoms with Gasteiger partial charge in [0, 0.05) is 44.1 Å². The summed E-state index contributed by atoms with van der Waals surface area (Å²) in [5.41, 5.74) is 3.02. The Balaban J connectivity index is 1.48. The molecule has 6 nitrogen and oxygen atoms in total. The topological polar surface area (TPSA) is 61.5 Å². The van der Waals surface area contributed by atoms with Crippen molar-refractivity contribution in [1.82, 2.24) is 20.0 Å². The third-order valence-corrected chi connectivity index (χ3v) is 6.76. The van der Waals surface area contributed by atoms with Crippen molar-refractivity contribution in [3.05, 3.63) is 17.0 Å². The molecule has 2 fully saturated rings. The maximum absolute atomic E-state index is 13.4. The van der Waals surface area contributed by atoms with E-state index < -0.39 is 0 Å². The Hall–Kier alpha value is -1.40. The smallest absolute Gasteiger partial charge is 0.274 e. The molecule has 1 N–H and O–H groups in total. The van der Waals surface area contributed by atoms with Gasteiger partial charge in [-0.1, -0.05) is 6.42 Å². The van der Waals surface area contributed by atoms with Crippen LogP contribution < -0.4 is 0 Å². The number of carbonyl (C=O) groups is 1. The first-order valence-electron chi connectivity index (χ1n) is 10.9. The number of methoxy groups -OCH3 is 1. The van der Waals surface area contributed by atoms with E-state index in [4.69, 9.17) is 4.74 Å². The van der Waals surface area contributed by atoms with Gasteiger partial charge in [0.1, 0.15) is 0 Å². The van der Waals surface area contributed by atoms with Crippen molar-refractivity contribution < 1.29 is 9.53 Å². The normalized spacial score (nSPS) is 25.2. The number of carbonyl (C=O) groups excluding carboxylic acids is 1. The molecule has 6 heteroatoms. The van der Waals surface area contributed by atoms with Gasteiger partial charge in [-0.2, -0.15) is 5.10 Å². The fourth-order valence-electron chi connectivity index (χ4n) is 5.39. The summed E-state index contributed by atoms with van der Waals surface area (Å²) in [6.45, 7) is 4.81. The van der Waals surface area contributed by atoms with Crippen molar-refractivity contribution >= 4 is 5.91 Å². The number of fused-ring (bicyclic) bond motifs is 2. The molecule has 2 aliphatic heterocycles. The minimum atomic E-state index is 0.124. The fraction of sp³-hybridized carbons (Fsp3) is 0.810. The molecule has 3 aliphatic rings. The molecule has 150 valence electrons. The van der Waals surface area contributed by atoms with E-state index in [1.54, 1.807) is 7.11 Å². The number of rotatable bonds is 7. The Morgan fingerprint density at radius 2 is 2.11 bits per heavy atom. The first kappa shape index (κ1) is 18.9.